The molecule has 4 rings (SSSR count). The minimum Gasteiger partial charge on any atom is -0.465 e. The van der Waals surface area contributed by atoms with Crippen molar-refractivity contribution in [3.63, 3.8) is 0 Å². The standard InChI is InChI=1S/C20H20N4O5/c1-29-19(25)15-12-14(24(27)28)6-7-17(15)22-10-8-13(9-11-22)23-18-5-3-2-4-16(18)21-20(23)26/h2-7,12-13H,8-11H2,1H3,(H,21,26). The number of rotatable bonds is 4. The van der Waals surface area contributed by atoms with E-state index in [9.17, 15) is 19.7 Å². The number of H-pyrrole nitrogens is 1. The second-order valence-corrected chi connectivity index (χ2v) is 6.99. The fraction of sp³-hybridized carbons (Fsp3) is 0.300. The molecule has 2 heterocycles. The lowest BCUT2D eigenvalue weighted by molar-refractivity contribution is -0.384. The second-order valence-electron chi connectivity index (χ2n) is 6.99. The average molecular weight is 396 g/mol. The highest BCUT2D eigenvalue weighted by Gasteiger charge is 2.27. The molecule has 1 aliphatic rings. The lowest BCUT2D eigenvalue weighted by Gasteiger charge is -2.34. The first-order valence-electron chi connectivity index (χ1n) is 9.30. The van der Waals surface area contributed by atoms with Crippen LogP contribution in [-0.2, 0) is 4.74 Å². The summed E-state index contributed by atoms with van der Waals surface area (Å²) in [5.41, 5.74) is 2.17. The Morgan fingerprint density at radius 1 is 1.21 bits per heavy atom. The number of hydrogen-bond acceptors (Lipinski definition) is 6. The fourth-order valence-electron chi connectivity index (χ4n) is 3.99. The molecule has 150 valence electrons. The van der Waals surface area contributed by atoms with E-state index < -0.39 is 10.9 Å². The third kappa shape index (κ3) is 3.35. The van der Waals surface area contributed by atoms with Crippen LogP contribution in [0, 0.1) is 10.1 Å². The first-order chi connectivity index (χ1) is 14.0. The van der Waals surface area contributed by atoms with Crippen LogP contribution in [0.3, 0.4) is 0 Å². The molecular weight excluding hydrogens is 376 g/mol. The highest BCUT2D eigenvalue weighted by Crippen LogP contribution is 2.32. The molecule has 0 amide bonds. The zero-order chi connectivity index (χ0) is 20.5. The number of nitrogens with one attached hydrogen (secondary N) is 1. The largest absolute Gasteiger partial charge is 0.465 e. The molecule has 9 nitrogen and oxygen atoms in total. The van der Waals surface area contributed by atoms with Crippen LogP contribution in [0.2, 0.25) is 0 Å². The summed E-state index contributed by atoms with van der Waals surface area (Å²) < 4.78 is 6.60. The number of para-hydroxylation sites is 2. The third-order valence-electron chi connectivity index (χ3n) is 5.39. The molecule has 1 N–H and O–H groups in total. The predicted octanol–water partition coefficient (Wildman–Crippen LogP) is 2.87. The van der Waals surface area contributed by atoms with Crippen LogP contribution in [0.15, 0.2) is 47.3 Å². The minimum absolute atomic E-state index is 0.0366. The van der Waals surface area contributed by atoms with Crippen LogP contribution in [0.1, 0.15) is 29.2 Å². The van der Waals surface area contributed by atoms with E-state index in [0.29, 0.717) is 31.6 Å². The summed E-state index contributed by atoms with van der Waals surface area (Å²) in [6.07, 6.45) is 1.42. The van der Waals surface area contributed by atoms with Gasteiger partial charge in [-0.25, -0.2) is 9.59 Å². The molecule has 0 radical (unpaired) electrons. The van der Waals surface area contributed by atoms with Crippen molar-refractivity contribution in [2.45, 2.75) is 18.9 Å². The number of carbonyl (C=O) groups excluding carboxylic acids is 1. The number of aromatic amines is 1. The number of aromatic nitrogens is 2. The molecule has 0 saturated carbocycles. The average Bonchev–Trinajstić information content (AvgIpc) is 3.08. The van der Waals surface area contributed by atoms with E-state index >= 15 is 0 Å². The van der Waals surface area contributed by atoms with Gasteiger partial charge in [-0.3, -0.25) is 14.7 Å². The van der Waals surface area contributed by atoms with Gasteiger partial charge in [0.15, 0.2) is 0 Å². The van der Waals surface area contributed by atoms with E-state index in [-0.39, 0.29) is 23.0 Å². The summed E-state index contributed by atoms with van der Waals surface area (Å²) in [5.74, 6) is -0.612. The molecule has 0 atom stereocenters. The van der Waals surface area contributed by atoms with E-state index in [1.807, 2.05) is 29.2 Å². The van der Waals surface area contributed by atoms with Gasteiger partial charge in [0, 0.05) is 31.3 Å². The van der Waals surface area contributed by atoms with Gasteiger partial charge < -0.3 is 14.6 Å². The normalized spacial score (nSPS) is 14.9. The van der Waals surface area contributed by atoms with Crippen LogP contribution in [0.5, 0.6) is 0 Å². The van der Waals surface area contributed by atoms with Gasteiger partial charge in [0.1, 0.15) is 0 Å². The molecular formula is C20H20N4O5. The molecule has 29 heavy (non-hydrogen) atoms. The molecule has 0 aliphatic carbocycles. The maximum atomic E-state index is 12.4. The van der Waals surface area contributed by atoms with E-state index in [2.05, 4.69) is 4.98 Å². The summed E-state index contributed by atoms with van der Waals surface area (Å²) in [6.45, 7) is 1.22. The SMILES string of the molecule is COC(=O)c1cc([N+](=O)[O-])ccc1N1CCC(n2c(=O)[nH]c3ccccc32)CC1. The number of esters is 1. The lowest BCUT2D eigenvalue weighted by atomic mass is 10.0. The Morgan fingerprint density at radius 3 is 2.62 bits per heavy atom. The molecule has 3 aromatic rings. The van der Waals surface area contributed by atoms with Gasteiger partial charge in [0.25, 0.3) is 5.69 Å². The Labute approximate surface area is 165 Å². The van der Waals surface area contributed by atoms with E-state index in [4.69, 9.17) is 4.74 Å². The number of benzene rings is 2. The second kappa shape index (κ2) is 7.42. The van der Waals surface area contributed by atoms with Gasteiger partial charge in [0.05, 0.1) is 34.3 Å². The molecule has 0 spiro atoms. The fourth-order valence-corrected chi connectivity index (χ4v) is 3.99. The molecule has 1 fully saturated rings. The highest BCUT2D eigenvalue weighted by molar-refractivity contribution is 5.96. The summed E-state index contributed by atoms with van der Waals surface area (Å²) in [6, 6.07) is 11.8. The number of anilines is 1. The van der Waals surface area contributed by atoms with Gasteiger partial charge in [-0.05, 0) is 31.0 Å². The van der Waals surface area contributed by atoms with Gasteiger partial charge in [-0.15, -0.1) is 0 Å². The quantitative estimate of drug-likeness (QED) is 0.412. The highest BCUT2D eigenvalue weighted by atomic mass is 16.6. The van der Waals surface area contributed by atoms with Gasteiger partial charge >= 0.3 is 11.7 Å². The molecule has 0 unspecified atom stereocenters. The summed E-state index contributed by atoms with van der Waals surface area (Å²) >= 11 is 0. The monoisotopic (exact) mass is 396 g/mol. The van der Waals surface area contributed by atoms with Gasteiger partial charge in [0.2, 0.25) is 0 Å². The van der Waals surface area contributed by atoms with Crippen molar-refractivity contribution in [1.82, 2.24) is 9.55 Å². The Morgan fingerprint density at radius 2 is 1.93 bits per heavy atom. The van der Waals surface area contributed by atoms with Crippen LogP contribution in [0.4, 0.5) is 11.4 Å². The summed E-state index contributed by atoms with van der Waals surface area (Å²) in [5, 5.41) is 11.1. The Hall–Kier alpha value is -3.62. The zero-order valence-corrected chi connectivity index (χ0v) is 15.8. The van der Waals surface area contributed by atoms with Crippen molar-refractivity contribution >= 4 is 28.4 Å². The number of fused-ring (bicyclic) bond motifs is 1. The molecule has 0 bridgehead atoms. The molecule has 1 aromatic heterocycles. The molecule has 1 saturated heterocycles. The van der Waals surface area contributed by atoms with Crippen molar-refractivity contribution in [2.75, 3.05) is 25.1 Å². The van der Waals surface area contributed by atoms with Crippen LogP contribution >= 0.6 is 0 Å². The van der Waals surface area contributed by atoms with E-state index in [1.165, 1.54) is 19.2 Å². The Balaban J connectivity index is 1.60. The van der Waals surface area contributed by atoms with Crippen LogP contribution in [-0.4, -0.2) is 40.6 Å². The first kappa shape index (κ1) is 18.7. The third-order valence-corrected chi connectivity index (χ3v) is 5.39. The number of carbonyl (C=O) groups is 1. The number of nitrogens with zero attached hydrogens (tertiary/aromatic N) is 3. The molecule has 2 aromatic carbocycles. The number of ether oxygens (including phenoxy) is 1. The minimum atomic E-state index is -0.612. The maximum Gasteiger partial charge on any atom is 0.340 e. The van der Waals surface area contributed by atoms with Gasteiger partial charge in [-0.1, -0.05) is 12.1 Å². The number of piperidine rings is 1. The van der Waals surface area contributed by atoms with Crippen LogP contribution in [0.25, 0.3) is 11.0 Å². The number of hydrogen-bond donors (Lipinski definition) is 1. The molecule has 9 heteroatoms. The first-order valence-corrected chi connectivity index (χ1v) is 9.30. The number of nitro groups is 1. The van der Waals surface area contributed by atoms with Gasteiger partial charge in [-0.2, -0.15) is 0 Å². The number of non-ortho nitro benzene ring substituents is 1. The number of nitro benzene ring substituents is 1. The van der Waals surface area contributed by atoms with E-state index in [1.54, 1.807) is 10.6 Å². The predicted molar refractivity (Wildman–Crippen MR) is 107 cm³/mol. The molecule has 1 aliphatic heterocycles. The number of methoxy groups -OCH3 is 1. The van der Waals surface area contributed by atoms with Crippen molar-refractivity contribution in [3.05, 3.63) is 68.6 Å². The van der Waals surface area contributed by atoms with E-state index in [0.717, 1.165) is 11.0 Å². The van der Waals surface area contributed by atoms with Crippen molar-refractivity contribution in [1.29, 1.82) is 0 Å². The maximum absolute atomic E-state index is 12.4. The van der Waals surface area contributed by atoms with Crippen molar-refractivity contribution < 1.29 is 14.5 Å². The van der Waals surface area contributed by atoms with Crippen molar-refractivity contribution in [3.8, 4) is 0 Å². The summed E-state index contributed by atoms with van der Waals surface area (Å²) in [4.78, 5) is 40.0. The Kier molecular flexibility index (Phi) is 4.79. The number of imidazole rings is 1. The smallest absolute Gasteiger partial charge is 0.340 e. The summed E-state index contributed by atoms with van der Waals surface area (Å²) in [7, 11) is 1.25. The zero-order valence-electron chi connectivity index (χ0n) is 15.8. The lowest BCUT2D eigenvalue weighted by Crippen LogP contribution is -2.37. The topological polar surface area (TPSA) is 110 Å². The van der Waals surface area contributed by atoms with Crippen LogP contribution < -0.4 is 10.6 Å². The van der Waals surface area contributed by atoms with Crippen molar-refractivity contribution in [2.24, 2.45) is 0 Å². The Bertz CT molecular complexity index is 1140.